The summed E-state index contributed by atoms with van der Waals surface area (Å²) in [5.74, 6) is 1.30. The maximum Gasteiger partial charge on any atom is 0.0707 e. The number of hydrogen-bond acceptors (Lipinski definition) is 4. The highest BCUT2D eigenvalue weighted by Gasteiger charge is 2.28. The summed E-state index contributed by atoms with van der Waals surface area (Å²) < 4.78 is 6.17. The third kappa shape index (κ3) is 5.25. The fraction of sp³-hybridized carbons (Fsp3) is 1.00. The smallest absolute Gasteiger partial charge is 0.0707 e. The van der Waals surface area contributed by atoms with E-state index >= 15 is 0 Å². The van der Waals surface area contributed by atoms with Crippen LogP contribution in [0.25, 0.3) is 0 Å². The average Bonchev–Trinajstić information content (AvgIpc) is 2.84. The maximum atomic E-state index is 6.17. The van der Waals surface area contributed by atoms with Gasteiger partial charge in [-0.2, -0.15) is 11.8 Å². The minimum absolute atomic E-state index is 0.438. The summed E-state index contributed by atoms with van der Waals surface area (Å²) in [6.07, 6.45) is 4.68. The lowest BCUT2D eigenvalue weighted by Crippen LogP contribution is -2.42. The van der Waals surface area contributed by atoms with Crippen molar-refractivity contribution < 1.29 is 4.74 Å². The molecule has 2 aliphatic heterocycles. The van der Waals surface area contributed by atoms with Gasteiger partial charge in [0.1, 0.15) is 0 Å². The van der Waals surface area contributed by atoms with Gasteiger partial charge in [0.2, 0.25) is 0 Å². The summed E-state index contributed by atoms with van der Waals surface area (Å²) in [5.41, 5.74) is 0. The van der Waals surface area contributed by atoms with Crippen LogP contribution in [0.2, 0.25) is 0 Å². The number of rotatable bonds is 6. The standard InChI is InChI=1S/C15H30N2OS/c1-4-15-11-17(7-8-19-15)10-14-6-5-13(18-14)9-16-12(2)3/h12-16H,4-11H2,1-3H3. The molecule has 4 heteroatoms. The molecule has 3 atom stereocenters. The van der Waals surface area contributed by atoms with Crippen molar-refractivity contribution in [3.8, 4) is 0 Å². The van der Waals surface area contributed by atoms with Crippen LogP contribution in [-0.4, -0.2) is 60.3 Å². The van der Waals surface area contributed by atoms with Crippen LogP contribution in [-0.2, 0) is 4.74 Å². The van der Waals surface area contributed by atoms with Gasteiger partial charge in [0, 0.05) is 43.2 Å². The molecule has 3 nitrogen and oxygen atoms in total. The number of nitrogens with one attached hydrogen (secondary N) is 1. The highest BCUT2D eigenvalue weighted by atomic mass is 32.2. The summed E-state index contributed by atoms with van der Waals surface area (Å²) in [6, 6.07) is 0.562. The molecular weight excluding hydrogens is 256 g/mol. The van der Waals surface area contributed by atoms with Crippen molar-refractivity contribution in [3.05, 3.63) is 0 Å². The average molecular weight is 286 g/mol. The van der Waals surface area contributed by atoms with Gasteiger partial charge < -0.3 is 10.1 Å². The number of ether oxygens (including phenoxy) is 1. The van der Waals surface area contributed by atoms with Crippen molar-refractivity contribution in [2.45, 2.75) is 63.5 Å². The van der Waals surface area contributed by atoms with Crippen LogP contribution in [0.15, 0.2) is 0 Å². The molecule has 0 spiro atoms. The Morgan fingerprint density at radius 1 is 1.32 bits per heavy atom. The molecule has 112 valence electrons. The first-order valence-corrected chi connectivity index (χ1v) is 8.95. The van der Waals surface area contributed by atoms with Gasteiger partial charge in [0.25, 0.3) is 0 Å². The molecule has 2 rings (SSSR count). The van der Waals surface area contributed by atoms with Crippen molar-refractivity contribution in [1.29, 1.82) is 0 Å². The molecule has 2 saturated heterocycles. The van der Waals surface area contributed by atoms with Gasteiger partial charge in [-0.3, -0.25) is 4.90 Å². The predicted molar refractivity (Wildman–Crippen MR) is 84.0 cm³/mol. The Morgan fingerprint density at radius 3 is 2.84 bits per heavy atom. The van der Waals surface area contributed by atoms with Gasteiger partial charge in [0.15, 0.2) is 0 Å². The second-order valence-electron chi connectivity index (χ2n) is 6.18. The van der Waals surface area contributed by atoms with Crippen LogP contribution < -0.4 is 5.32 Å². The van der Waals surface area contributed by atoms with Gasteiger partial charge in [0.05, 0.1) is 12.2 Å². The first kappa shape index (κ1) is 15.6. The van der Waals surface area contributed by atoms with E-state index in [1.54, 1.807) is 0 Å². The van der Waals surface area contributed by atoms with Crippen molar-refractivity contribution in [2.75, 3.05) is 31.9 Å². The Labute approximate surface area is 122 Å². The van der Waals surface area contributed by atoms with E-state index in [1.807, 2.05) is 0 Å². The fourth-order valence-electron chi connectivity index (χ4n) is 2.91. The van der Waals surface area contributed by atoms with Gasteiger partial charge in [-0.1, -0.05) is 20.8 Å². The van der Waals surface area contributed by atoms with Crippen LogP contribution in [0.1, 0.15) is 40.0 Å². The Bertz CT molecular complexity index is 263. The van der Waals surface area contributed by atoms with E-state index < -0.39 is 0 Å². The molecule has 0 saturated carbocycles. The number of hydrogen-bond donors (Lipinski definition) is 1. The van der Waals surface area contributed by atoms with Gasteiger partial charge in [-0.25, -0.2) is 0 Å². The lowest BCUT2D eigenvalue weighted by Gasteiger charge is -2.33. The molecule has 0 aliphatic carbocycles. The molecule has 19 heavy (non-hydrogen) atoms. The van der Waals surface area contributed by atoms with Crippen LogP contribution in [0.4, 0.5) is 0 Å². The largest absolute Gasteiger partial charge is 0.372 e. The molecule has 0 aromatic rings. The lowest BCUT2D eigenvalue weighted by molar-refractivity contribution is 0.0232. The molecule has 3 unspecified atom stereocenters. The van der Waals surface area contributed by atoms with E-state index in [4.69, 9.17) is 4.74 Å². The molecule has 2 aliphatic rings. The van der Waals surface area contributed by atoms with E-state index in [2.05, 4.69) is 42.7 Å². The van der Waals surface area contributed by atoms with Crippen LogP contribution >= 0.6 is 11.8 Å². The van der Waals surface area contributed by atoms with Gasteiger partial charge in [-0.15, -0.1) is 0 Å². The number of thioether (sulfide) groups is 1. The minimum atomic E-state index is 0.438. The third-order valence-electron chi connectivity index (χ3n) is 4.09. The highest BCUT2D eigenvalue weighted by Crippen LogP contribution is 2.24. The summed E-state index contributed by atoms with van der Waals surface area (Å²) >= 11 is 2.14. The van der Waals surface area contributed by atoms with Crippen LogP contribution in [0, 0.1) is 0 Å². The topological polar surface area (TPSA) is 24.5 Å². The molecule has 0 amide bonds. The minimum Gasteiger partial charge on any atom is -0.372 e. The highest BCUT2D eigenvalue weighted by molar-refractivity contribution is 8.00. The number of nitrogens with zero attached hydrogens (tertiary/aromatic N) is 1. The molecule has 0 bridgehead atoms. The molecule has 2 heterocycles. The second-order valence-corrected chi connectivity index (χ2v) is 7.59. The SMILES string of the molecule is CCC1CN(CC2CCC(CNC(C)C)O2)CCS1. The molecule has 0 radical (unpaired) electrons. The molecule has 1 N–H and O–H groups in total. The molecule has 2 fully saturated rings. The monoisotopic (exact) mass is 286 g/mol. The van der Waals surface area contributed by atoms with Crippen molar-refractivity contribution >= 4 is 11.8 Å². The van der Waals surface area contributed by atoms with Crippen molar-refractivity contribution in [2.24, 2.45) is 0 Å². The Hall–Kier alpha value is 0.230. The Balaban J connectivity index is 1.66. The van der Waals surface area contributed by atoms with E-state index in [1.165, 1.54) is 38.1 Å². The lowest BCUT2D eigenvalue weighted by atomic mass is 10.1. The maximum absolute atomic E-state index is 6.17. The third-order valence-corrected chi connectivity index (χ3v) is 5.46. The molecule has 0 aromatic carbocycles. The van der Waals surface area contributed by atoms with Crippen LogP contribution in [0.3, 0.4) is 0 Å². The molecule has 0 aromatic heterocycles. The van der Waals surface area contributed by atoms with Crippen LogP contribution in [0.5, 0.6) is 0 Å². The summed E-state index contributed by atoms with van der Waals surface area (Å²) in [4.78, 5) is 2.62. The zero-order chi connectivity index (χ0) is 13.7. The summed E-state index contributed by atoms with van der Waals surface area (Å²) in [5, 5.41) is 4.33. The Morgan fingerprint density at radius 2 is 2.11 bits per heavy atom. The molecular formula is C15H30N2OS. The second kappa shape index (κ2) is 7.87. The zero-order valence-corrected chi connectivity index (χ0v) is 13.5. The quantitative estimate of drug-likeness (QED) is 0.810. The first-order valence-electron chi connectivity index (χ1n) is 7.90. The fourth-order valence-corrected chi connectivity index (χ4v) is 4.16. The normalized spacial score (nSPS) is 33.2. The Kier molecular flexibility index (Phi) is 6.46. The van der Waals surface area contributed by atoms with Crippen molar-refractivity contribution in [3.63, 3.8) is 0 Å². The van der Waals surface area contributed by atoms with Crippen molar-refractivity contribution in [1.82, 2.24) is 10.2 Å². The van der Waals surface area contributed by atoms with Gasteiger partial charge in [-0.05, 0) is 19.3 Å². The summed E-state index contributed by atoms with van der Waals surface area (Å²) in [7, 11) is 0. The summed E-state index contributed by atoms with van der Waals surface area (Å²) in [6.45, 7) is 11.4. The van der Waals surface area contributed by atoms with E-state index in [-0.39, 0.29) is 0 Å². The predicted octanol–water partition coefficient (Wildman–Crippen LogP) is 2.36. The van der Waals surface area contributed by atoms with E-state index in [9.17, 15) is 0 Å². The first-order chi connectivity index (χ1) is 9.17. The van der Waals surface area contributed by atoms with E-state index in [0.717, 1.165) is 18.3 Å². The van der Waals surface area contributed by atoms with Gasteiger partial charge >= 0.3 is 0 Å². The zero-order valence-electron chi connectivity index (χ0n) is 12.7. The van der Waals surface area contributed by atoms with E-state index in [0.29, 0.717) is 18.2 Å².